The van der Waals surface area contributed by atoms with E-state index in [4.69, 9.17) is 4.99 Å². The Morgan fingerprint density at radius 1 is 0.967 bits per heavy atom. The molecular formula is C24H25N3OS2. The van der Waals surface area contributed by atoms with Crippen molar-refractivity contribution in [3.63, 3.8) is 0 Å². The van der Waals surface area contributed by atoms with Crippen molar-refractivity contribution in [2.45, 2.75) is 50.0 Å². The lowest BCUT2D eigenvalue weighted by Crippen LogP contribution is -2.30. The third-order valence-electron chi connectivity index (χ3n) is 5.87. The SMILES string of the molecule is Cc1ccc(N2C(=O)/C(=C3/Sc4ccccc4N3C)SC2=NC2CCCCC2)cc1. The molecule has 2 aromatic carbocycles. The summed E-state index contributed by atoms with van der Waals surface area (Å²) in [7, 11) is 2.04. The van der Waals surface area contributed by atoms with Gasteiger partial charge in [0.1, 0.15) is 4.91 Å². The van der Waals surface area contributed by atoms with Crippen LogP contribution in [0.4, 0.5) is 11.4 Å². The number of aryl methyl sites for hydroxylation is 1. The summed E-state index contributed by atoms with van der Waals surface area (Å²) in [6.07, 6.45) is 5.99. The Labute approximate surface area is 186 Å². The number of carbonyl (C=O) groups is 1. The maximum atomic E-state index is 13.7. The Morgan fingerprint density at radius 3 is 2.43 bits per heavy atom. The number of amides is 1. The van der Waals surface area contributed by atoms with E-state index in [1.165, 1.54) is 41.5 Å². The van der Waals surface area contributed by atoms with Crippen LogP contribution in [0.5, 0.6) is 0 Å². The van der Waals surface area contributed by atoms with Gasteiger partial charge in [0.25, 0.3) is 5.91 Å². The van der Waals surface area contributed by atoms with Gasteiger partial charge < -0.3 is 4.90 Å². The van der Waals surface area contributed by atoms with Gasteiger partial charge in [-0.05, 0) is 55.8 Å². The first-order valence-corrected chi connectivity index (χ1v) is 12.2. The Bertz CT molecular complexity index is 1040. The first-order valence-electron chi connectivity index (χ1n) is 10.5. The molecule has 4 nitrogen and oxygen atoms in total. The van der Waals surface area contributed by atoms with Crippen molar-refractivity contribution in [3.8, 4) is 0 Å². The highest BCUT2D eigenvalue weighted by Crippen LogP contribution is 2.50. The molecule has 2 fully saturated rings. The van der Waals surface area contributed by atoms with Crippen molar-refractivity contribution in [2.75, 3.05) is 16.8 Å². The molecule has 6 heteroatoms. The predicted molar refractivity (Wildman–Crippen MR) is 128 cm³/mol. The third-order valence-corrected chi connectivity index (χ3v) is 8.28. The molecule has 0 radical (unpaired) electrons. The first kappa shape index (κ1) is 19.8. The molecule has 0 aromatic heterocycles. The third kappa shape index (κ3) is 3.56. The zero-order valence-corrected chi connectivity index (χ0v) is 18.9. The van der Waals surface area contributed by atoms with Crippen LogP contribution in [-0.4, -0.2) is 24.2 Å². The number of rotatable bonds is 2. The normalized spacial score (nSPS) is 23.5. The number of thioether (sulfide) groups is 2. The number of amidine groups is 1. The molecule has 0 N–H and O–H groups in total. The van der Waals surface area contributed by atoms with Gasteiger partial charge in [0.2, 0.25) is 0 Å². The molecule has 154 valence electrons. The average Bonchev–Trinajstić information content (AvgIpc) is 3.26. The molecule has 1 saturated carbocycles. The number of anilines is 2. The highest BCUT2D eigenvalue weighted by Gasteiger charge is 2.40. The summed E-state index contributed by atoms with van der Waals surface area (Å²) < 4.78 is 0. The first-order chi connectivity index (χ1) is 14.6. The minimum Gasteiger partial charge on any atom is -0.337 e. The lowest BCUT2D eigenvalue weighted by molar-refractivity contribution is -0.113. The monoisotopic (exact) mass is 435 g/mol. The van der Waals surface area contributed by atoms with Gasteiger partial charge in [-0.15, -0.1) is 0 Å². The molecule has 1 amide bonds. The lowest BCUT2D eigenvalue weighted by atomic mass is 9.96. The minimum atomic E-state index is 0.0283. The number of fused-ring (bicyclic) bond motifs is 1. The lowest BCUT2D eigenvalue weighted by Gasteiger charge is -2.21. The van der Waals surface area contributed by atoms with Gasteiger partial charge in [-0.25, -0.2) is 0 Å². The number of aliphatic imine (C=N–C) groups is 1. The number of nitrogens with zero attached hydrogens (tertiary/aromatic N) is 3. The summed E-state index contributed by atoms with van der Waals surface area (Å²) in [6, 6.07) is 16.8. The van der Waals surface area contributed by atoms with Crippen LogP contribution in [0.2, 0.25) is 0 Å². The number of hydrogen-bond acceptors (Lipinski definition) is 5. The maximum Gasteiger partial charge on any atom is 0.274 e. The molecule has 2 heterocycles. The molecule has 0 spiro atoms. The number of benzene rings is 2. The van der Waals surface area contributed by atoms with Gasteiger partial charge in [0.15, 0.2) is 5.17 Å². The van der Waals surface area contributed by atoms with Gasteiger partial charge in [-0.3, -0.25) is 14.7 Å². The largest absolute Gasteiger partial charge is 0.337 e. The fraction of sp³-hybridized carbons (Fsp3) is 0.333. The van der Waals surface area contributed by atoms with Crippen LogP contribution in [0.15, 0.2) is 68.4 Å². The second-order valence-corrected chi connectivity index (χ2v) is 10.1. The Kier molecular flexibility index (Phi) is 5.37. The van der Waals surface area contributed by atoms with Crippen LogP contribution < -0.4 is 9.80 Å². The van der Waals surface area contributed by atoms with Crippen LogP contribution >= 0.6 is 23.5 Å². The van der Waals surface area contributed by atoms with E-state index in [9.17, 15) is 4.79 Å². The van der Waals surface area contributed by atoms with E-state index in [1.807, 2.05) is 36.2 Å². The number of carbonyl (C=O) groups excluding carboxylic acids is 1. The molecule has 5 rings (SSSR count). The van der Waals surface area contributed by atoms with Gasteiger partial charge in [0.05, 0.1) is 22.4 Å². The zero-order chi connectivity index (χ0) is 20.7. The van der Waals surface area contributed by atoms with Crippen LogP contribution in [0.3, 0.4) is 0 Å². The van der Waals surface area contributed by atoms with Gasteiger partial charge in [-0.2, -0.15) is 0 Å². The number of hydrogen-bond donors (Lipinski definition) is 0. The standard InChI is InChI=1S/C24H25N3OS2/c1-16-12-14-18(15-13-16)27-22(28)21(30-24(27)25-17-8-4-3-5-9-17)23-26(2)19-10-6-7-11-20(19)29-23/h6-7,10-15,17H,3-5,8-9H2,1-2H3/b23-21-,25-24?. The molecule has 3 aliphatic rings. The van der Waals surface area contributed by atoms with E-state index >= 15 is 0 Å². The highest BCUT2D eigenvalue weighted by atomic mass is 32.2. The van der Waals surface area contributed by atoms with Crippen LogP contribution in [0.1, 0.15) is 37.7 Å². The van der Waals surface area contributed by atoms with Crippen LogP contribution in [-0.2, 0) is 4.79 Å². The summed E-state index contributed by atoms with van der Waals surface area (Å²) >= 11 is 3.21. The second-order valence-electron chi connectivity index (χ2n) is 8.04. The molecule has 30 heavy (non-hydrogen) atoms. The fourth-order valence-corrected chi connectivity index (χ4v) is 6.57. The molecule has 1 saturated heterocycles. The Morgan fingerprint density at radius 2 is 1.70 bits per heavy atom. The van der Waals surface area contributed by atoms with Crippen molar-refractivity contribution in [1.29, 1.82) is 0 Å². The smallest absolute Gasteiger partial charge is 0.274 e. The van der Waals surface area contributed by atoms with E-state index in [1.54, 1.807) is 11.8 Å². The molecule has 2 aromatic rings. The maximum absolute atomic E-state index is 13.7. The van der Waals surface area contributed by atoms with Gasteiger partial charge in [-0.1, -0.05) is 60.9 Å². The van der Waals surface area contributed by atoms with Gasteiger partial charge in [0, 0.05) is 11.9 Å². The topological polar surface area (TPSA) is 35.9 Å². The van der Waals surface area contributed by atoms with E-state index in [0.29, 0.717) is 6.04 Å². The summed E-state index contributed by atoms with van der Waals surface area (Å²) in [5.41, 5.74) is 3.23. The second kappa shape index (κ2) is 8.16. The molecule has 2 aliphatic heterocycles. The number of para-hydroxylation sites is 1. The summed E-state index contributed by atoms with van der Waals surface area (Å²) in [4.78, 5) is 24.7. The van der Waals surface area contributed by atoms with Crippen LogP contribution in [0, 0.1) is 6.92 Å². The summed E-state index contributed by atoms with van der Waals surface area (Å²) in [5.74, 6) is 0.0283. The van der Waals surface area contributed by atoms with E-state index in [0.717, 1.165) is 39.3 Å². The Balaban J connectivity index is 1.56. The molecule has 0 bridgehead atoms. The summed E-state index contributed by atoms with van der Waals surface area (Å²) in [5, 5.41) is 1.82. The van der Waals surface area contributed by atoms with Crippen molar-refractivity contribution in [3.05, 3.63) is 64.0 Å². The van der Waals surface area contributed by atoms with Gasteiger partial charge >= 0.3 is 0 Å². The van der Waals surface area contributed by atoms with E-state index in [-0.39, 0.29) is 5.91 Å². The van der Waals surface area contributed by atoms with Crippen molar-refractivity contribution in [2.24, 2.45) is 4.99 Å². The van der Waals surface area contributed by atoms with E-state index in [2.05, 4.69) is 36.1 Å². The zero-order valence-electron chi connectivity index (χ0n) is 17.3. The molecule has 0 atom stereocenters. The van der Waals surface area contributed by atoms with Crippen molar-refractivity contribution < 1.29 is 4.79 Å². The quantitative estimate of drug-likeness (QED) is 0.528. The van der Waals surface area contributed by atoms with Crippen LogP contribution in [0.25, 0.3) is 0 Å². The van der Waals surface area contributed by atoms with E-state index < -0.39 is 0 Å². The average molecular weight is 436 g/mol. The fourth-order valence-electron chi connectivity index (χ4n) is 4.18. The minimum absolute atomic E-state index is 0.0283. The van der Waals surface area contributed by atoms with Crippen molar-refractivity contribution in [1.82, 2.24) is 0 Å². The predicted octanol–water partition coefficient (Wildman–Crippen LogP) is 6.17. The molecular weight excluding hydrogens is 410 g/mol. The summed E-state index contributed by atoms with van der Waals surface area (Å²) in [6.45, 7) is 2.07. The Hall–Kier alpha value is -2.18. The highest BCUT2D eigenvalue weighted by molar-refractivity contribution is 8.20. The molecule has 1 aliphatic carbocycles. The molecule has 0 unspecified atom stereocenters. The van der Waals surface area contributed by atoms with Crippen molar-refractivity contribution >= 4 is 46.0 Å².